The Labute approximate surface area is 113 Å². The summed E-state index contributed by atoms with van der Waals surface area (Å²) in [5.41, 5.74) is 13.2. The number of benzene rings is 1. The van der Waals surface area contributed by atoms with Gasteiger partial charge in [0.05, 0.1) is 0 Å². The molecule has 1 heterocycles. The summed E-state index contributed by atoms with van der Waals surface area (Å²) in [6, 6.07) is 7.94. The molecule has 1 aliphatic heterocycles. The Morgan fingerprint density at radius 3 is 2.53 bits per heavy atom. The van der Waals surface area contributed by atoms with Crippen LogP contribution in [0.4, 0.5) is 5.69 Å². The van der Waals surface area contributed by atoms with Crippen molar-refractivity contribution in [2.24, 2.45) is 23.3 Å². The Bertz CT molecular complexity index is 471. The normalized spacial score (nSPS) is 30.2. The third-order valence-corrected chi connectivity index (χ3v) is 4.67. The molecule has 1 aromatic rings. The van der Waals surface area contributed by atoms with E-state index in [0.29, 0.717) is 17.5 Å². The van der Waals surface area contributed by atoms with Crippen LogP contribution in [0.25, 0.3) is 0 Å². The number of primary amides is 1. The molecule has 1 saturated heterocycles. The number of nitrogens with zero attached hydrogens (tertiary/aromatic N) is 1. The fourth-order valence-electron chi connectivity index (χ4n) is 3.56. The van der Waals surface area contributed by atoms with Crippen molar-refractivity contribution in [3.63, 3.8) is 0 Å². The Kier molecular flexibility index (Phi) is 3.19. The largest absolute Gasteiger partial charge is 0.371 e. The molecule has 2 fully saturated rings. The highest BCUT2D eigenvalue weighted by Gasteiger charge is 2.38. The van der Waals surface area contributed by atoms with Gasteiger partial charge in [-0.3, -0.25) is 4.79 Å². The predicted octanol–water partition coefficient (Wildman–Crippen LogP) is 1.35. The summed E-state index contributed by atoms with van der Waals surface area (Å²) >= 11 is 0. The molecule has 3 rings (SSSR count). The van der Waals surface area contributed by atoms with Gasteiger partial charge in [0.2, 0.25) is 5.91 Å². The summed E-state index contributed by atoms with van der Waals surface area (Å²) in [6.45, 7) is 2.13. The molecule has 1 saturated carbocycles. The van der Waals surface area contributed by atoms with Crippen LogP contribution in [0.2, 0.25) is 0 Å². The lowest BCUT2D eigenvalue weighted by Crippen LogP contribution is -2.38. The molecule has 1 amide bonds. The molecule has 0 bridgehead atoms. The highest BCUT2D eigenvalue weighted by atomic mass is 16.1. The summed E-state index contributed by atoms with van der Waals surface area (Å²) in [5.74, 6) is 0.993. The first-order valence-electron chi connectivity index (χ1n) is 7.05. The lowest BCUT2D eigenvalue weighted by atomic mass is 9.78. The van der Waals surface area contributed by atoms with Crippen LogP contribution in [0.1, 0.15) is 29.6 Å². The van der Waals surface area contributed by atoms with Gasteiger partial charge in [-0.05, 0) is 48.9 Å². The lowest BCUT2D eigenvalue weighted by Gasteiger charge is -2.29. The highest BCUT2D eigenvalue weighted by molar-refractivity contribution is 5.93. The second-order valence-corrected chi connectivity index (χ2v) is 5.83. The monoisotopic (exact) mass is 259 g/mol. The van der Waals surface area contributed by atoms with E-state index in [2.05, 4.69) is 4.90 Å². The van der Waals surface area contributed by atoms with E-state index >= 15 is 0 Å². The van der Waals surface area contributed by atoms with Crippen LogP contribution >= 0.6 is 0 Å². The first kappa shape index (κ1) is 12.5. The maximum absolute atomic E-state index is 11.1. The zero-order chi connectivity index (χ0) is 13.4. The van der Waals surface area contributed by atoms with Crippen molar-refractivity contribution in [1.82, 2.24) is 0 Å². The molecule has 4 heteroatoms. The number of nitrogens with two attached hydrogens (primary N) is 2. The quantitative estimate of drug-likeness (QED) is 0.842. The highest BCUT2D eigenvalue weighted by Crippen LogP contribution is 2.37. The van der Waals surface area contributed by atoms with Crippen LogP contribution in [0.3, 0.4) is 0 Å². The molecular weight excluding hydrogens is 238 g/mol. The van der Waals surface area contributed by atoms with E-state index in [-0.39, 0.29) is 5.91 Å². The molecule has 0 radical (unpaired) electrons. The van der Waals surface area contributed by atoms with Crippen molar-refractivity contribution < 1.29 is 4.79 Å². The maximum Gasteiger partial charge on any atom is 0.248 e. The first-order valence-corrected chi connectivity index (χ1v) is 7.05. The average Bonchev–Trinajstić information content (AvgIpc) is 2.84. The van der Waals surface area contributed by atoms with E-state index in [9.17, 15) is 4.79 Å². The number of fused-ring (bicyclic) bond motifs is 1. The molecule has 3 atom stereocenters. The van der Waals surface area contributed by atoms with Gasteiger partial charge in [0.15, 0.2) is 0 Å². The van der Waals surface area contributed by atoms with Gasteiger partial charge in [-0.2, -0.15) is 0 Å². The average molecular weight is 259 g/mol. The molecule has 102 valence electrons. The van der Waals surface area contributed by atoms with Crippen molar-refractivity contribution in [1.29, 1.82) is 0 Å². The lowest BCUT2D eigenvalue weighted by molar-refractivity contribution is 0.100. The fraction of sp³-hybridized carbons (Fsp3) is 0.533. The van der Waals surface area contributed by atoms with Crippen LogP contribution in [-0.4, -0.2) is 25.0 Å². The van der Waals surface area contributed by atoms with Crippen molar-refractivity contribution in [3.05, 3.63) is 29.8 Å². The maximum atomic E-state index is 11.1. The molecule has 3 unspecified atom stereocenters. The predicted molar refractivity (Wildman–Crippen MR) is 76.0 cm³/mol. The van der Waals surface area contributed by atoms with Crippen LogP contribution in [-0.2, 0) is 0 Å². The molecule has 0 aromatic heterocycles. The van der Waals surface area contributed by atoms with Gasteiger partial charge in [0, 0.05) is 30.4 Å². The van der Waals surface area contributed by atoms with E-state index in [4.69, 9.17) is 11.5 Å². The molecule has 0 spiro atoms. The minimum Gasteiger partial charge on any atom is -0.371 e. The second-order valence-electron chi connectivity index (χ2n) is 5.83. The van der Waals surface area contributed by atoms with Crippen molar-refractivity contribution in [2.75, 3.05) is 18.0 Å². The van der Waals surface area contributed by atoms with Crippen LogP contribution in [0.15, 0.2) is 24.3 Å². The van der Waals surface area contributed by atoms with E-state index in [1.165, 1.54) is 18.5 Å². The van der Waals surface area contributed by atoms with Gasteiger partial charge in [-0.15, -0.1) is 0 Å². The number of carbonyl (C=O) groups is 1. The number of anilines is 1. The van der Waals surface area contributed by atoms with E-state index in [1.807, 2.05) is 12.1 Å². The SMILES string of the molecule is NC(=O)c1ccc(N2CC3CCCC(N)C3C2)cc1. The molecule has 4 nitrogen and oxygen atoms in total. The Balaban J connectivity index is 1.75. The van der Waals surface area contributed by atoms with Gasteiger partial charge in [-0.25, -0.2) is 0 Å². The fourth-order valence-corrected chi connectivity index (χ4v) is 3.56. The number of carbonyl (C=O) groups excluding carboxylic acids is 1. The number of hydrogen-bond donors (Lipinski definition) is 2. The summed E-state index contributed by atoms with van der Waals surface area (Å²) in [5, 5.41) is 0. The Morgan fingerprint density at radius 1 is 1.16 bits per heavy atom. The van der Waals surface area contributed by atoms with Gasteiger partial charge < -0.3 is 16.4 Å². The standard InChI is InChI=1S/C15H21N3O/c16-14-3-1-2-11-8-18(9-13(11)14)12-6-4-10(5-7-12)15(17)19/h4-7,11,13-14H,1-3,8-9,16H2,(H2,17,19). The van der Waals surface area contributed by atoms with Crippen LogP contribution in [0.5, 0.6) is 0 Å². The van der Waals surface area contributed by atoms with Gasteiger partial charge in [-0.1, -0.05) is 6.42 Å². The van der Waals surface area contributed by atoms with Crippen LogP contribution < -0.4 is 16.4 Å². The molecule has 1 aromatic carbocycles. The summed E-state index contributed by atoms with van der Waals surface area (Å²) < 4.78 is 0. The minimum atomic E-state index is -0.372. The van der Waals surface area contributed by atoms with Crippen molar-refractivity contribution in [2.45, 2.75) is 25.3 Å². The Hall–Kier alpha value is -1.55. The second kappa shape index (κ2) is 4.85. The number of amides is 1. The molecule has 19 heavy (non-hydrogen) atoms. The van der Waals surface area contributed by atoms with Gasteiger partial charge in [0.1, 0.15) is 0 Å². The minimum absolute atomic E-state index is 0.355. The van der Waals surface area contributed by atoms with Gasteiger partial charge in [0.25, 0.3) is 0 Å². The number of hydrogen-bond acceptors (Lipinski definition) is 3. The summed E-state index contributed by atoms with van der Waals surface area (Å²) in [7, 11) is 0. The third-order valence-electron chi connectivity index (χ3n) is 4.67. The third kappa shape index (κ3) is 2.32. The Morgan fingerprint density at radius 2 is 1.89 bits per heavy atom. The van der Waals surface area contributed by atoms with E-state index < -0.39 is 0 Å². The summed E-state index contributed by atoms with van der Waals surface area (Å²) in [6.07, 6.45) is 3.72. The topological polar surface area (TPSA) is 72.4 Å². The van der Waals surface area contributed by atoms with Crippen LogP contribution in [0, 0.1) is 11.8 Å². The zero-order valence-corrected chi connectivity index (χ0v) is 11.1. The van der Waals surface area contributed by atoms with E-state index in [0.717, 1.165) is 25.4 Å². The van der Waals surface area contributed by atoms with Crippen molar-refractivity contribution in [3.8, 4) is 0 Å². The first-order chi connectivity index (χ1) is 9.15. The van der Waals surface area contributed by atoms with E-state index in [1.54, 1.807) is 12.1 Å². The smallest absolute Gasteiger partial charge is 0.248 e. The molecule has 1 aliphatic carbocycles. The van der Waals surface area contributed by atoms with Gasteiger partial charge >= 0.3 is 0 Å². The summed E-state index contributed by atoms with van der Waals surface area (Å²) in [4.78, 5) is 13.5. The molecular formula is C15H21N3O. The zero-order valence-electron chi connectivity index (χ0n) is 11.1. The molecule has 2 aliphatic rings. The molecule has 4 N–H and O–H groups in total. The number of rotatable bonds is 2. The van der Waals surface area contributed by atoms with Crippen molar-refractivity contribution >= 4 is 11.6 Å².